The number of carbonyl (C=O) groups is 2. The topological polar surface area (TPSA) is 67.9 Å². The number of fused-ring (bicyclic) bond motifs is 1. The molecule has 0 radical (unpaired) electrons. The molecule has 1 aromatic rings. The highest BCUT2D eigenvalue weighted by Crippen LogP contribution is 2.33. The number of nitrogens with one attached hydrogen (secondary N) is 1. The van der Waals surface area contributed by atoms with E-state index in [0.717, 1.165) is 0 Å². The highest BCUT2D eigenvalue weighted by molar-refractivity contribution is 5.87. The second-order valence-electron chi connectivity index (χ2n) is 6.80. The Morgan fingerprint density at radius 1 is 1.17 bits per heavy atom. The Kier molecular flexibility index (Phi) is 4.82. The van der Waals surface area contributed by atoms with Crippen LogP contribution in [0.4, 0.5) is 0 Å². The Morgan fingerprint density at radius 3 is 2.30 bits per heavy atom. The van der Waals surface area contributed by atoms with E-state index in [1.54, 1.807) is 26.1 Å². The summed E-state index contributed by atoms with van der Waals surface area (Å²) >= 11 is 0. The quantitative estimate of drug-likeness (QED) is 0.918. The first-order valence-electron chi connectivity index (χ1n) is 7.66. The predicted octanol–water partition coefficient (Wildman–Crippen LogP) is 1.59. The molecule has 0 saturated heterocycles. The number of carbonyl (C=O) groups excluding carboxylic acids is 2. The van der Waals surface area contributed by atoms with Gasteiger partial charge in [0.15, 0.2) is 11.5 Å². The van der Waals surface area contributed by atoms with E-state index >= 15 is 0 Å². The lowest BCUT2D eigenvalue weighted by atomic mass is 10.1. The maximum atomic E-state index is 12.6. The molecule has 0 aliphatic carbocycles. The minimum atomic E-state index is -0.766. The van der Waals surface area contributed by atoms with E-state index in [0.29, 0.717) is 11.5 Å². The first-order chi connectivity index (χ1) is 10.7. The molecule has 6 nitrogen and oxygen atoms in total. The van der Waals surface area contributed by atoms with Crippen molar-refractivity contribution in [3.05, 3.63) is 24.3 Å². The van der Waals surface area contributed by atoms with Crippen LogP contribution >= 0.6 is 0 Å². The number of amides is 2. The minimum absolute atomic E-state index is 0.0235. The molecule has 0 bridgehead atoms. The second kappa shape index (κ2) is 6.48. The van der Waals surface area contributed by atoms with Crippen LogP contribution in [0.5, 0.6) is 11.5 Å². The molecule has 1 aliphatic rings. The van der Waals surface area contributed by atoms with Crippen molar-refractivity contribution in [3.63, 3.8) is 0 Å². The Bertz CT molecular complexity index is 595. The molecule has 1 heterocycles. The summed E-state index contributed by atoms with van der Waals surface area (Å²) in [6.07, 6.45) is -1.19. The Morgan fingerprint density at radius 2 is 1.74 bits per heavy atom. The van der Waals surface area contributed by atoms with E-state index in [4.69, 9.17) is 9.47 Å². The average molecular weight is 320 g/mol. The van der Waals surface area contributed by atoms with Gasteiger partial charge in [-0.2, -0.15) is 0 Å². The van der Waals surface area contributed by atoms with Crippen LogP contribution in [0, 0.1) is 0 Å². The van der Waals surface area contributed by atoms with Gasteiger partial charge >= 0.3 is 0 Å². The molecule has 2 rings (SSSR count). The summed E-state index contributed by atoms with van der Waals surface area (Å²) in [5.74, 6) is 0.669. The van der Waals surface area contributed by atoms with E-state index in [9.17, 15) is 9.59 Å². The Hall–Kier alpha value is -2.24. The van der Waals surface area contributed by atoms with Crippen molar-refractivity contribution in [1.29, 1.82) is 0 Å². The van der Waals surface area contributed by atoms with Crippen LogP contribution < -0.4 is 14.8 Å². The van der Waals surface area contributed by atoms with Crippen LogP contribution in [0.2, 0.25) is 0 Å². The smallest absolute Gasteiger partial charge is 0.267 e. The number of benzene rings is 1. The zero-order valence-corrected chi connectivity index (χ0v) is 14.3. The van der Waals surface area contributed by atoms with Gasteiger partial charge in [-0.3, -0.25) is 9.59 Å². The molecule has 23 heavy (non-hydrogen) atoms. The van der Waals surface area contributed by atoms with Crippen molar-refractivity contribution in [2.75, 3.05) is 13.6 Å². The number of rotatable bonds is 3. The van der Waals surface area contributed by atoms with Gasteiger partial charge in [0.2, 0.25) is 12.0 Å². The van der Waals surface area contributed by atoms with Crippen molar-refractivity contribution in [2.24, 2.45) is 0 Å². The van der Waals surface area contributed by atoms with Crippen molar-refractivity contribution < 1.29 is 19.1 Å². The van der Waals surface area contributed by atoms with Crippen molar-refractivity contribution in [2.45, 2.75) is 45.4 Å². The molecule has 0 unspecified atom stereocenters. The van der Waals surface area contributed by atoms with Crippen LogP contribution in [0.15, 0.2) is 24.3 Å². The fourth-order valence-corrected chi connectivity index (χ4v) is 2.36. The van der Waals surface area contributed by atoms with Gasteiger partial charge in [0.25, 0.3) is 5.91 Å². The summed E-state index contributed by atoms with van der Waals surface area (Å²) in [5, 5.41) is 2.83. The SMILES string of the molecule is C[C@@H]1Oc2ccccc2O[C@H]1C(=O)N(C)CC(=O)NC(C)(C)C. The molecular weight excluding hydrogens is 296 g/mol. The van der Waals surface area contributed by atoms with E-state index in [-0.39, 0.29) is 23.9 Å². The molecule has 0 saturated carbocycles. The van der Waals surface area contributed by atoms with Crippen LogP contribution in [0.25, 0.3) is 0 Å². The maximum Gasteiger partial charge on any atom is 0.267 e. The third-order valence-electron chi connectivity index (χ3n) is 3.36. The van der Waals surface area contributed by atoms with Gasteiger partial charge in [-0.15, -0.1) is 0 Å². The van der Waals surface area contributed by atoms with Crippen molar-refractivity contribution in [1.82, 2.24) is 10.2 Å². The van der Waals surface area contributed by atoms with Crippen molar-refractivity contribution in [3.8, 4) is 11.5 Å². The molecule has 2 atom stereocenters. The second-order valence-corrected chi connectivity index (χ2v) is 6.80. The van der Waals surface area contributed by atoms with E-state index in [1.807, 2.05) is 32.9 Å². The van der Waals surface area contributed by atoms with Gasteiger partial charge < -0.3 is 19.7 Å². The lowest BCUT2D eigenvalue weighted by molar-refractivity contribution is -0.145. The standard InChI is InChI=1S/C17H24N2O4/c1-11-15(23-13-9-7-6-8-12(13)22-11)16(21)19(5)10-14(20)18-17(2,3)4/h6-9,11,15H,10H2,1-5H3,(H,18,20)/t11-,15+/m0/s1. The monoisotopic (exact) mass is 320 g/mol. The third-order valence-corrected chi connectivity index (χ3v) is 3.36. The molecule has 0 aromatic heterocycles. The summed E-state index contributed by atoms with van der Waals surface area (Å²) in [4.78, 5) is 25.9. The fourth-order valence-electron chi connectivity index (χ4n) is 2.36. The molecule has 126 valence electrons. The molecule has 0 spiro atoms. The molecule has 1 aliphatic heterocycles. The van der Waals surface area contributed by atoms with Gasteiger partial charge in [-0.1, -0.05) is 12.1 Å². The molecule has 6 heteroatoms. The third kappa shape index (κ3) is 4.37. The van der Waals surface area contributed by atoms with E-state index in [1.165, 1.54) is 4.90 Å². The van der Waals surface area contributed by atoms with Gasteiger partial charge in [0.05, 0.1) is 6.54 Å². The van der Waals surface area contributed by atoms with Crippen LogP contribution in [-0.4, -0.2) is 48.1 Å². The molecule has 1 N–H and O–H groups in total. The fraction of sp³-hybridized carbons (Fsp3) is 0.529. The summed E-state index contributed by atoms with van der Waals surface area (Å²) in [5.41, 5.74) is -0.336. The van der Waals surface area contributed by atoms with Crippen LogP contribution in [-0.2, 0) is 9.59 Å². The first-order valence-corrected chi connectivity index (χ1v) is 7.66. The molecular formula is C17H24N2O4. The molecule has 1 aromatic carbocycles. The maximum absolute atomic E-state index is 12.6. The number of hydrogen-bond acceptors (Lipinski definition) is 4. The van der Waals surface area contributed by atoms with Gasteiger partial charge in [0.1, 0.15) is 6.10 Å². The first kappa shape index (κ1) is 17.1. The van der Waals surface area contributed by atoms with Crippen LogP contribution in [0.1, 0.15) is 27.7 Å². The van der Waals surface area contributed by atoms with E-state index in [2.05, 4.69) is 5.32 Å². The summed E-state index contributed by atoms with van der Waals surface area (Å²) < 4.78 is 11.5. The largest absolute Gasteiger partial charge is 0.482 e. The Labute approximate surface area is 136 Å². The number of hydrogen-bond donors (Lipinski definition) is 1. The summed E-state index contributed by atoms with van der Waals surface area (Å²) in [7, 11) is 1.58. The number of ether oxygens (including phenoxy) is 2. The molecule has 2 amide bonds. The highest BCUT2D eigenvalue weighted by Gasteiger charge is 2.36. The number of para-hydroxylation sites is 2. The summed E-state index contributed by atoms with van der Waals surface area (Å²) in [6.45, 7) is 7.43. The predicted molar refractivity (Wildman–Crippen MR) is 86.5 cm³/mol. The van der Waals surface area contributed by atoms with E-state index < -0.39 is 12.2 Å². The van der Waals surface area contributed by atoms with Gasteiger partial charge in [-0.25, -0.2) is 0 Å². The normalized spacial score (nSPS) is 19.9. The zero-order valence-electron chi connectivity index (χ0n) is 14.3. The molecule has 0 fully saturated rings. The van der Waals surface area contributed by atoms with Crippen LogP contribution in [0.3, 0.4) is 0 Å². The van der Waals surface area contributed by atoms with Gasteiger partial charge in [0, 0.05) is 12.6 Å². The van der Waals surface area contributed by atoms with Crippen molar-refractivity contribution >= 4 is 11.8 Å². The number of likely N-dealkylation sites (N-methyl/N-ethyl adjacent to an activating group) is 1. The lowest BCUT2D eigenvalue weighted by Gasteiger charge is -2.33. The minimum Gasteiger partial charge on any atom is -0.482 e. The summed E-state index contributed by atoms with van der Waals surface area (Å²) in [6, 6.07) is 7.22. The van der Waals surface area contributed by atoms with Gasteiger partial charge in [-0.05, 0) is 39.8 Å². The number of nitrogens with zero attached hydrogens (tertiary/aromatic N) is 1. The average Bonchev–Trinajstić information content (AvgIpc) is 2.43. The zero-order chi connectivity index (χ0) is 17.2. The highest BCUT2D eigenvalue weighted by atomic mass is 16.6. The Balaban J connectivity index is 2.01. The lowest BCUT2D eigenvalue weighted by Crippen LogP contribution is -2.52.